The molecule has 1 aromatic rings. The smallest absolute Gasteiger partial charge is 0.395 e. The number of halogens is 7. The highest BCUT2D eigenvalue weighted by Crippen LogP contribution is 2.46. The third-order valence-corrected chi connectivity index (χ3v) is 2.55. The van der Waals surface area contributed by atoms with E-state index >= 15 is 0 Å². The number of nitrogens with two attached hydrogens (primary N) is 1. The molecular weight excluding hydrogens is 299 g/mol. The van der Waals surface area contributed by atoms with E-state index in [0.717, 1.165) is 12.1 Å². The summed E-state index contributed by atoms with van der Waals surface area (Å²) in [7, 11) is 0. The fourth-order valence-electron chi connectivity index (χ4n) is 1.54. The molecule has 1 atom stereocenters. The summed E-state index contributed by atoms with van der Waals surface area (Å²) in [6.07, 6.45) is -9.87. The van der Waals surface area contributed by atoms with Gasteiger partial charge in [0.2, 0.25) is 0 Å². The van der Waals surface area contributed by atoms with E-state index in [4.69, 9.17) is 5.73 Å². The van der Waals surface area contributed by atoms with Crippen LogP contribution in [0.25, 0.3) is 0 Å². The van der Waals surface area contributed by atoms with Crippen molar-refractivity contribution in [2.24, 2.45) is 5.73 Å². The van der Waals surface area contributed by atoms with Crippen LogP contribution < -0.4 is 15.2 Å². The van der Waals surface area contributed by atoms with E-state index in [2.05, 4.69) is 9.47 Å². The van der Waals surface area contributed by atoms with E-state index in [9.17, 15) is 30.7 Å². The molecular formula is C10H6F7NO2. The molecule has 0 amide bonds. The summed E-state index contributed by atoms with van der Waals surface area (Å²) >= 11 is 0. The Balaban J connectivity index is 2.33. The first-order valence-corrected chi connectivity index (χ1v) is 5.04. The number of rotatable bonds is 2. The van der Waals surface area contributed by atoms with Gasteiger partial charge in [-0.2, -0.15) is 22.0 Å². The first-order chi connectivity index (χ1) is 8.94. The maximum absolute atomic E-state index is 13.0. The van der Waals surface area contributed by atoms with Gasteiger partial charge in [-0.25, -0.2) is 0 Å². The maximum atomic E-state index is 13.0. The molecule has 2 N–H and O–H groups in total. The topological polar surface area (TPSA) is 44.5 Å². The Labute approximate surface area is 107 Å². The zero-order valence-electron chi connectivity index (χ0n) is 9.35. The fraction of sp³-hybridized carbons (Fsp3) is 0.400. The quantitative estimate of drug-likeness (QED) is 0.853. The lowest BCUT2D eigenvalue weighted by Crippen LogP contribution is -2.45. The fourth-order valence-corrected chi connectivity index (χ4v) is 1.54. The van der Waals surface area contributed by atoms with Gasteiger partial charge in [0.1, 0.15) is 6.04 Å². The molecule has 0 fully saturated rings. The first kappa shape index (κ1) is 14.7. The molecule has 1 aliphatic rings. The molecule has 10 heteroatoms. The summed E-state index contributed by atoms with van der Waals surface area (Å²) < 4.78 is 95.9. The molecule has 0 unspecified atom stereocenters. The Morgan fingerprint density at radius 2 is 1.55 bits per heavy atom. The summed E-state index contributed by atoms with van der Waals surface area (Å²) in [4.78, 5) is 0. The van der Waals surface area contributed by atoms with E-state index in [1.165, 1.54) is 0 Å². The number of fused-ring (bicyclic) bond motifs is 1. The van der Waals surface area contributed by atoms with Gasteiger partial charge in [-0.15, -0.1) is 8.78 Å². The van der Waals surface area contributed by atoms with Crippen molar-refractivity contribution in [2.45, 2.75) is 24.4 Å². The van der Waals surface area contributed by atoms with Crippen LogP contribution in [0, 0.1) is 0 Å². The van der Waals surface area contributed by atoms with E-state index < -0.39 is 41.5 Å². The molecule has 1 aliphatic heterocycles. The molecule has 0 spiro atoms. The molecule has 0 radical (unpaired) electrons. The molecule has 0 saturated carbocycles. The van der Waals surface area contributed by atoms with Gasteiger partial charge in [-0.3, -0.25) is 0 Å². The van der Waals surface area contributed by atoms with Crippen molar-refractivity contribution >= 4 is 0 Å². The summed E-state index contributed by atoms with van der Waals surface area (Å²) in [5.74, 6) is -6.37. The van der Waals surface area contributed by atoms with Crippen molar-refractivity contribution < 1.29 is 40.2 Å². The van der Waals surface area contributed by atoms with Crippen molar-refractivity contribution in [3.63, 3.8) is 0 Å². The zero-order chi connectivity index (χ0) is 15.3. The van der Waals surface area contributed by atoms with Gasteiger partial charge in [0.05, 0.1) is 0 Å². The lowest BCUT2D eigenvalue weighted by molar-refractivity contribution is -0.291. The highest BCUT2D eigenvalue weighted by molar-refractivity contribution is 5.46. The average Bonchev–Trinajstić information content (AvgIpc) is 2.58. The largest absolute Gasteiger partial charge is 0.586 e. The lowest BCUT2D eigenvalue weighted by Gasteiger charge is -2.25. The molecule has 3 nitrogen and oxygen atoms in total. The molecule has 0 aromatic heterocycles. The van der Waals surface area contributed by atoms with E-state index in [1.54, 1.807) is 0 Å². The van der Waals surface area contributed by atoms with Gasteiger partial charge in [-0.1, -0.05) is 6.07 Å². The lowest BCUT2D eigenvalue weighted by atomic mass is 10.0. The van der Waals surface area contributed by atoms with Crippen LogP contribution in [0.4, 0.5) is 30.7 Å². The Kier molecular flexibility index (Phi) is 3.04. The zero-order valence-corrected chi connectivity index (χ0v) is 9.35. The summed E-state index contributed by atoms with van der Waals surface area (Å²) in [6.45, 7) is 0. The van der Waals surface area contributed by atoms with Crippen LogP contribution in [0.2, 0.25) is 0 Å². The number of hydrogen-bond donors (Lipinski definition) is 1. The standard InChI is InChI=1S/C10H6F7NO2/c11-8(12,9(13,14)15)7(18)4-1-2-5-6(3-4)20-10(16,17)19-5/h1-3,7H,18H2/t7-/m0/s1. The predicted molar refractivity (Wildman–Crippen MR) is 50.6 cm³/mol. The van der Waals surface area contributed by atoms with E-state index in [1.807, 2.05) is 0 Å². The molecule has 20 heavy (non-hydrogen) atoms. The number of ether oxygens (including phenoxy) is 2. The number of hydrogen-bond acceptors (Lipinski definition) is 3. The van der Waals surface area contributed by atoms with Crippen molar-refractivity contribution in [3.8, 4) is 11.5 Å². The van der Waals surface area contributed by atoms with Crippen LogP contribution in [0.5, 0.6) is 11.5 Å². The van der Waals surface area contributed by atoms with Crippen LogP contribution in [-0.2, 0) is 0 Å². The molecule has 0 bridgehead atoms. The molecule has 1 aromatic carbocycles. The summed E-state index contributed by atoms with van der Waals surface area (Å²) in [5.41, 5.74) is 4.15. The summed E-state index contributed by atoms with van der Waals surface area (Å²) in [6, 6.07) is -0.697. The Bertz CT molecular complexity index is 529. The van der Waals surface area contributed by atoms with Crippen LogP contribution in [0.15, 0.2) is 18.2 Å². The third kappa shape index (κ3) is 2.35. The predicted octanol–water partition coefficient (Wildman–Crippen LogP) is 3.21. The van der Waals surface area contributed by atoms with E-state index in [-0.39, 0.29) is 0 Å². The second-order valence-electron chi connectivity index (χ2n) is 3.97. The molecule has 2 rings (SSSR count). The van der Waals surface area contributed by atoms with Crippen LogP contribution in [-0.4, -0.2) is 18.4 Å². The monoisotopic (exact) mass is 305 g/mol. The van der Waals surface area contributed by atoms with Crippen LogP contribution >= 0.6 is 0 Å². The van der Waals surface area contributed by atoms with Gasteiger partial charge in [0.25, 0.3) is 0 Å². The number of benzene rings is 1. The third-order valence-electron chi connectivity index (χ3n) is 2.55. The minimum Gasteiger partial charge on any atom is -0.395 e. The number of alkyl halides is 7. The second kappa shape index (κ2) is 4.14. The van der Waals surface area contributed by atoms with Crippen LogP contribution in [0.3, 0.4) is 0 Å². The first-order valence-electron chi connectivity index (χ1n) is 5.04. The van der Waals surface area contributed by atoms with Crippen molar-refractivity contribution in [2.75, 3.05) is 0 Å². The Morgan fingerprint density at radius 1 is 1.00 bits per heavy atom. The van der Waals surface area contributed by atoms with Crippen molar-refractivity contribution in [3.05, 3.63) is 23.8 Å². The van der Waals surface area contributed by atoms with Crippen LogP contribution in [0.1, 0.15) is 11.6 Å². The Morgan fingerprint density at radius 3 is 2.10 bits per heavy atom. The molecule has 0 saturated heterocycles. The van der Waals surface area contributed by atoms with Gasteiger partial charge >= 0.3 is 18.4 Å². The van der Waals surface area contributed by atoms with Crippen molar-refractivity contribution in [1.82, 2.24) is 0 Å². The normalized spacial score (nSPS) is 19.0. The van der Waals surface area contributed by atoms with Gasteiger partial charge in [0.15, 0.2) is 11.5 Å². The highest BCUT2D eigenvalue weighted by atomic mass is 19.4. The second-order valence-corrected chi connectivity index (χ2v) is 3.97. The van der Waals surface area contributed by atoms with Gasteiger partial charge in [-0.05, 0) is 17.7 Å². The average molecular weight is 305 g/mol. The molecule has 0 aliphatic carbocycles. The Hall–Kier alpha value is -1.71. The maximum Gasteiger partial charge on any atom is 0.586 e. The highest BCUT2D eigenvalue weighted by Gasteiger charge is 2.61. The van der Waals surface area contributed by atoms with Gasteiger partial charge < -0.3 is 15.2 Å². The molecule has 1 heterocycles. The van der Waals surface area contributed by atoms with Crippen molar-refractivity contribution in [1.29, 1.82) is 0 Å². The minimum absolute atomic E-state index is 0.485. The summed E-state index contributed by atoms with van der Waals surface area (Å²) in [5, 5.41) is 0. The SMILES string of the molecule is N[C@@H](c1ccc2c(c1)OC(F)(F)O2)C(F)(F)C(F)(F)F. The van der Waals surface area contributed by atoms with E-state index in [0.29, 0.717) is 6.07 Å². The molecule has 112 valence electrons. The van der Waals surface area contributed by atoms with Gasteiger partial charge in [0, 0.05) is 0 Å². The minimum atomic E-state index is -5.87.